The van der Waals surface area contributed by atoms with Gasteiger partial charge in [0, 0.05) is 5.56 Å². The molecular formula is C10H8N2O2. The number of aryl methyl sites for hydroxylation is 1. The summed E-state index contributed by atoms with van der Waals surface area (Å²) in [5.41, 5.74) is 6.33. The molecule has 0 radical (unpaired) electrons. The second kappa shape index (κ2) is 3.71. The van der Waals surface area contributed by atoms with Crippen molar-refractivity contribution in [1.82, 2.24) is 0 Å². The molecule has 2 N–H and O–H groups in total. The van der Waals surface area contributed by atoms with E-state index in [0.29, 0.717) is 17.4 Å². The fraction of sp³-hybridized carbons (Fsp3) is 0.100. The van der Waals surface area contributed by atoms with Crippen molar-refractivity contribution < 1.29 is 9.59 Å². The van der Waals surface area contributed by atoms with E-state index in [-0.39, 0.29) is 11.1 Å². The van der Waals surface area contributed by atoms with Crippen molar-refractivity contribution in [2.24, 2.45) is 5.73 Å². The minimum absolute atomic E-state index is 0.161. The number of carbonyl (C=O) groups excluding carboxylic acids is 2. The maximum atomic E-state index is 11.0. The van der Waals surface area contributed by atoms with Crippen molar-refractivity contribution in [2.45, 2.75) is 6.92 Å². The lowest BCUT2D eigenvalue weighted by molar-refractivity contribution is 0.0992. The van der Waals surface area contributed by atoms with Gasteiger partial charge in [-0.1, -0.05) is 0 Å². The van der Waals surface area contributed by atoms with Crippen LogP contribution < -0.4 is 5.73 Å². The van der Waals surface area contributed by atoms with Gasteiger partial charge in [0.1, 0.15) is 0 Å². The first kappa shape index (κ1) is 9.93. The smallest absolute Gasteiger partial charge is 0.249 e. The van der Waals surface area contributed by atoms with Crippen molar-refractivity contribution in [3.05, 3.63) is 34.4 Å². The number of hydrogen-bond donors (Lipinski definition) is 1. The highest BCUT2D eigenvalue weighted by Crippen LogP contribution is 2.14. The molecule has 14 heavy (non-hydrogen) atoms. The second-order valence-corrected chi connectivity index (χ2v) is 2.85. The Balaban J connectivity index is 3.52. The quantitative estimate of drug-likeness (QED) is 0.696. The first-order chi connectivity index (χ1) is 6.60. The van der Waals surface area contributed by atoms with E-state index in [2.05, 4.69) is 0 Å². The summed E-state index contributed by atoms with van der Waals surface area (Å²) in [6.45, 7) is 1.63. The van der Waals surface area contributed by atoms with Crippen LogP contribution >= 0.6 is 0 Å². The Morgan fingerprint density at radius 3 is 2.64 bits per heavy atom. The molecule has 0 heterocycles. The number of hydrogen-bond acceptors (Lipinski definition) is 3. The molecule has 1 amide bonds. The van der Waals surface area contributed by atoms with Gasteiger partial charge in [-0.3, -0.25) is 9.59 Å². The Bertz CT molecular complexity index is 444. The number of rotatable bonds is 2. The number of aldehydes is 1. The van der Waals surface area contributed by atoms with Crippen LogP contribution in [0.25, 0.3) is 0 Å². The minimum Gasteiger partial charge on any atom is -0.366 e. The van der Waals surface area contributed by atoms with Crippen LogP contribution in [0.4, 0.5) is 0 Å². The zero-order valence-electron chi connectivity index (χ0n) is 7.57. The van der Waals surface area contributed by atoms with Crippen LogP contribution in [0.2, 0.25) is 0 Å². The van der Waals surface area contributed by atoms with Crippen molar-refractivity contribution in [3.8, 4) is 6.07 Å². The lowest BCUT2D eigenvalue weighted by Gasteiger charge is -2.04. The molecule has 0 aliphatic heterocycles. The molecular weight excluding hydrogens is 180 g/mol. The molecule has 1 aromatic rings. The van der Waals surface area contributed by atoms with Gasteiger partial charge >= 0.3 is 0 Å². The van der Waals surface area contributed by atoms with Crippen molar-refractivity contribution in [2.75, 3.05) is 0 Å². The molecule has 70 valence electrons. The van der Waals surface area contributed by atoms with E-state index in [1.807, 2.05) is 6.07 Å². The van der Waals surface area contributed by atoms with E-state index in [9.17, 15) is 9.59 Å². The number of nitrogens with zero attached hydrogens (tertiary/aromatic N) is 1. The maximum absolute atomic E-state index is 11.0. The zero-order chi connectivity index (χ0) is 10.7. The Morgan fingerprint density at radius 1 is 1.57 bits per heavy atom. The van der Waals surface area contributed by atoms with Crippen LogP contribution in [0.3, 0.4) is 0 Å². The number of nitrogens with two attached hydrogens (primary N) is 1. The third kappa shape index (κ3) is 1.62. The minimum atomic E-state index is -0.658. The molecule has 1 rings (SSSR count). The van der Waals surface area contributed by atoms with E-state index in [1.54, 1.807) is 6.92 Å². The van der Waals surface area contributed by atoms with Gasteiger partial charge < -0.3 is 5.73 Å². The monoisotopic (exact) mass is 188 g/mol. The molecule has 0 fully saturated rings. The molecule has 0 saturated heterocycles. The number of primary amides is 1. The van der Waals surface area contributed by atoms with Gasteiger partial charge in [0.15, 0.2) is 6.29 Å². The van der Waals surface area contributed by atoms with Crippen LogP contribution in [0, 0.1) is 18.3 Å². The summed E-state index contributed by atoms with van der Waals surface area (Å²) in [6.07, 6.45) is 0.522. The first-order valence-corrected chi connectivity index (χ1v) is 3.90. The van der Waals surface area contributed by atoms with Gasteiger partial charge in [-0.2, -0.15) is 5.26 Å². The van der Waals surface area contributed by atoms with Gasteiger partial charge in [-0.15, -0.1) is 0 Å². The van der Waals surface area contributed by atoms with Crippen LogP contribution in [0.1, 0.15) is 31.8 Å². The summed E-state index contributed by atoms with van der Waals surface area (Å²) in [6, 6.07) is 4.77. The Hall–Kier alpha value is -2.15. The fourth-order valence-corrected chi connectivity index (χ4v) is 1.31. The molecule has 0 bridgehead atoms. The molecule has 0 saturated carbocycles. The third-order valence-electron chi connectivity index (χ3n) is 1.87. The highest BCUT2D eigenvalue weighted by molar-refractivity contribution is 6.02. The summed E-state index contributed by atoms with van der Waals surface area (Å²) in [4.78, 5) is 21.6. The van der Waals surface area contributed by atoms with E-state index < -0.39 is 5.91 Å². The molecule has 1 aromatic carbocycles. The number of carbonyl (C=O) groups is 2. The molecule has 0 aromatic heterocycles. The topological polar surface area (TPSA) is 83.9 Å². The molecule has 0 atom stereocenters. The molecule has 0 unspecified atom stereocenters. The molecule has 4 nitrogen and oxygen atoms in total. The van der Waals surface area contributed by atoms with Crippen molar-refractivity contribution in [3.63, 3.8) is 0 Å². The number of nitriles is 1. The lowest BCUT2D eigenvalue weighted by atomic mass is 9.99. The third-order valence-corrected chi connectivity index (χ3v) is 1.87. The summed E-state index contributed by atoms with van der Waals surface area (Å²) in [7, 11) is 0. The van der Waals surface area contributed by atoms with E-state index in [0.717, 1.165) is 0 Å². The lowest BCUT2D eigenvalue weighted by Crippen LogP contribution is -2.15. The fourth-order valence-electron chi connectivity index (χ4n) is 1.31. The zero-order valence-corrected chi connectivity index (χ0v) is 7.57. The SMILES string of the molecule is Cc1cc(C#N)cc(C=O)c1C(N)=O. The van der Waals surface area contributed by atoms with Gasteiger partial charge in [0.25, 0.3) is 0 Å². The van der Waals surface area contributed by atoms with Crippen molar-refractivity contribution >= 4 is 12.2 Å². The highest BCUT2D eigenvalue weighted by atomic mass is 16.1. The van der Waals surface area contributed by atoms with Crippen LogP contribution in [0.15, 0.2) is 12.1 Å². The van der Waals surface area contributed by atoms with Crippen molar-refractivity contribution in [1.29, 1.82) is 5.26 Å². The molecule has 0 aliphatic rings. The Morgan fingerprint density at radius 2 is 2.21 bits per heavy atom. The first-order valence-electron chi connectivity index (χ1n) is 3.90. The number of amides is 1. The average Bonchev–Trinajstić information content (AvgIpc) is 2.15. The van der Waals surface area contributed by atoms with E-state index >= 15 is 0 Å². The Kier molecular flexibility index (Phi) is 2.63. The van der Waals surface area contributed by atoms with Gasteiger partial charge in [0.05, 0.1) is 17.2 Å². The van der Waals surface area contributed by atoms with E-state index in [4.69, 9.17) is 11.0 Å². The second-order valence-electron chi connectivity index (χ2n) is 2.85. The Labute approximate surface area is 80.9 Å². The molecule has 4 heteroatoms. The van der Waals surface area contributed by atoms with Crippen LogP contribution in [-0.4, -0.2) is 12.2 Å². The molecule has 0 spiro atoms. The summed E-state index contributed by atoms with van der Waals surface area (Å²) >= 11 is 0. The largest absolute Gasteiger partial charge is 0.366 e. The number of benzene rings is 1. The molecule has 0 aliphatic carbocycles. The summed E-state index contributed by atoms with van der Waals surface area (Å²) in [5, 5.41) is 8.63. The highest BCUT2D eigenvalue weighted by Gasteiger charge is 2.12. The normalized spacial score (nSPS) is 9.14. The predicted octanol–water partition coefficient (Wildman–Crippen LogP) is 0.778. The van der Waals surface area contributed by atoms with Crippen LogP contribution in [-0.2, 0) is 0 Å². The average molecular weight is 188 g/mol. The van der Waals surface area contributed by atoms with Gasteiger partial charge in [0.2, 0.25) is 5.91 Å². The standard InChI is InChI=1S/C10H8N2O2/c1-6-2-7(4-11)3-8(5-13)9(6)10(12)14/h2-3,5H,1H3,(H2,12,14). The van der Waals surface area contributed by atoms with Gasteiger partial charge in [-0.25, -0.2) is 0 Å². The summed E-state index contributed by atoms with van der Waals surface area (Å²) in [5.74, 6) is -0.658. The maximum Gasteiger partial charge on any atom is 0.249 e. The predicted molar refractivity (Wildman–Crippen MR) is 49.8 cm³/mol. The van der Waals surface area contributed by atoms with Gasteiger partial charge in [-0.05, 0) is 24.6 Å². The summed E-state index contributed by atoms with van der Waals surface area (Å²) < 4.78 is 0. The van der Waals surface area contributed by atoms with Crippen LogP contribution in [0.5, 0.6) is 0 Å². The van der Waals surface area contributed by atoms with E-state index in [1.165, 1.54) is 12.1 Å².